The minimum Gasteiger partial charge on any atom is -0.508 e. The van der Waals surface area contributed by atoms with Gasteiger partial charge in [-0.25, -0.2) is 0 Å². The van der Waals surface area contributed by atoms with Crippen molar-refractivity contribution in [1.29, 1.82) is 0 Å². The second kappa shape index (κ2) is 16.7. The van der Waals surface area contributed by atoms with Gasteiger partial charge in [-0.05, 0) is 73.5 Å². The van der Waals surface area contributed by atoms with Crippen LogP contribution in [0.15, 0.2) is 78.9 Å². The van der Waals surface area contributed by atoms with Gasteiger partial charge in [-0.15, -0.1) is 0 Å². The van der Waals surface area contributed by atoms with Gasteiger partial charge in [0.05, 0.1) is 6.54 Å². The monoisotopic (exact) mass is 503 g/mol. The van der Waals surface area contributed by atoms with E-state index in [1.807, 2.05) is 24.3 Å². The highest BCUT2D eigenvalue weighted by molar-refractivity contribution is 5.98. The lowest BCUT2D eigenvalue weighted by Gasteiger charge is -2.22. The summed E-state index contributed by atoms with van der Waals surface area (Å²) >= 11 is 0. The van der Waals surface area contributed by atoms with Crippen LogP contribution in [0.1, 0.15) is 59.2 Å². The molecular formula is C32H41NO4. The van der Waals surface area contributed by atoms with Crippen LogP contribution in [0.5, 0.6) is 5.75 Å². The van der Waals surface area contributed by atoms with E-state index in [0.29, 0.717) is 24.1 Å². The second-order valence-electron chi connectivity index (χ2n) is 9.55. The van der Waals surface area contributed by atoms with Crippen molar-refractivity contribution < 1.29 is 19.7 Å². The van der Waals surface area contributed by atoms with E-state index in [-0.39, 0.29) is 18.1 Å². The fourth-order valence-electron chi connectivity index (χ4n) is 4.45. The normalized spacial score (nSPS) is 11.2. The smallest absolute Gasteiger partial charge is 0.176 e. The minimum absolute atomic E-state index is 0.0269. The molecule has 0 atom stereocenters. The number of aromatic hydroxyl groups is 1. The molecule has 37 heavy (non-hydrogen) atoms. The van der Waals surface area contributed by atoms with Gasteiger partial charge in [-0.1, -0.05) is 73.5 Å². The highest BCUT2D eigenvalue weighted by atomic mass is 16.5. The Bertz CT molecular complexity index is 1040. The minimum atomic E-state index is -0.0654. The zero-order valence-corrected chi connectivity index (χ0v) is 21.9. The van der Waals surface area contributed by atoms with Crippen molar-refractivity contribution in [2.24, 2.45) is 0 Å². The first-order chi connectivity index (χ1) is 18.2. The number of ketones is 1. The van der Waals surface area contributed by atoms with Gasteiger partial charge in [0.15, 0.2) is 5.78 Å². The number of nitrogens with zero attached hydrogens (tertiary/aromatic N) is 1. The van der Waals surface area contributed by atoms with Gasteiger partial charge < -0.3 is 14.9 Å². The summed E-state index contributed by atoms with van der Waals surface area (Å²) in [6.45, 7) is 3.43. The maximum absolute atomic E-state index is 13.1. The number of aliphatic hydroxyl groups is 1. The van der Waals surface area contributed by atoms with E-state index in [4.69, 9.17) is 4.74 Å². The largest absolute Gasteiger partial charge is 0.508 e. The zero-order chi connectivity index (χ0) is 26.1. The first kappa shape index (κ1) is 28.6. The second-order valence-corrected chi connectivity index (χ2v) is 9.55. The van der Waals surface area contributed by atoms with E-state index < -0.39 is 0 Å². The Balaban J connectivity index is 1.39. The fourth-order valence-corrected chi connectivity index (χ4v) is 4.45. The van der Waals surface area contributed by atoms with Crippen molar-refractivity contribution in [3.8, 4) is 5.75 Å². The number of aliphatic hydroxyl groups excluding tert-OH is 1. The first-order valence-electron chi connectivity index (χ1n) is 13.5. The molecule has 5 heteroatoms. The van der Waals surface area contributed by atoms with Gasteiger partial charge in [-0.2, -0.15) is 0 Å². The van der Waals surface area contributed by atoms with E-state index in [0.717, 1.165) is 64.8 Å². The van der Waals surface area contributed by atoms with Gasteiger partial charge >= 0.3 is 0 Å². The lowest BCUT2D eigenvalue weighted by atomic mass is 10.0. The molecule has 3 rings (SSSR count). The lowest BCUT2D eigenvalue weighted by Crippen LogP contribution is -2.30. The van der Waals surface area contributed by atoms with Gasteiger partial charge in [0, 0.05) is 31.9 Å². The van der Waals surface area contributed by atoms with Crippen molar-refractivity contribution >= 4 is 5.78 Å². The third kappa shape index (κ3) is 10.9. The average molecular weight is 504 g/mol. The van der Waals surface area contributed by atoms with Gasteiger partial charge in [0.25, 0.3) is 0 Å². The number of hydrogen-bond donors (Lipinski definition) is 2. The number of carbonyl (C=O) groups excluding carboxylic acids is 1. The van der Waals surface area contributed by atoms with Crippen LogP contribution >= 0.6 is 0 Å². The maximum atomic E-state index is 13.1. The van der Waals surface area contributed by atoms with Crippen molar-refractivity contribution in [1.82, 2.24) is 4.90 Å². The average Bonchev–Trinajstić information content (AvgIpc) is 2.92. The number of benzene rings is 3. The summed E-state index contributed by atoms with van der Waals surface area (Å²) in [5.74, 6) is 0.144. The Hall–Kier alpha value is -2.99. The molecule has 3 aromatic rings. The van der Waals surface area contributed by atoms with Gasteiger partial charge in [-0.3, -0.25) is 9.69 Å². The Morgan fingerprint density at radius 3 is 2.16 bits per heavy atom. The summed E-state index contributed by atoms with van der Waals surface area (Å²) in [7, 11) is 0. The Morgan fingerprint density at radius 1 is 0.757 bits per heavy atom. The van der Waals surface area contributed by atoms with Crippen LogP contribution in [-0.4, -0.2) is 53.8 Å². The molecule has 0 spiro atoms. The molecule has 0 aliphatic rings. The molecule has 0 bridgehead atoms. The van der Waals surface area contributed by atoms with Crippen LogP contribution in [0, 0.1) is 0 Å². The molecule has 0 amide bonds. The van der Waals surface area contributed by atoms with E-state index in [1.54, 1.807) is 18.2 Å². The number of phenolic OH excluding ortho intramolecular Hbond substituents is 1. The fraction of sp³-hybridized carbons (Fsp3) is 0.406. The number of phenols is 1. The summed E-state index contributed by atoms with van der Waals surface area (Å²) < 4.78 is 5.81. The highest BCUT2D eigenvalue weighted by Crippen LogP contribution is 2.20. The Kier molecular flexibility index (Phi) is 12.9. The molecule has 5 nitrogen and oxygen atoms in total. The number of unbranched alkanes of at least 4 members (excludes halogenated alkanes) is 3. The topological polar surface area (TPSA) is 70.0 Å². The molecule has 0 fully saturated rings. The molecule has 198 valence electrons. The Morgan fingerprint density at radius 2 is 1.43 bits per heavy atom. The molecule has 0 radical (unpaired) electrons. The summed E-state index contributed by atoms with van der Waals surface area (Å²) in [6.07, 6.45) is 6.75. The van der Waals surface area contributed by atoms with E-state index in [2.05, 4.69) is 41.3 Å². The predicted octanol–water partition coefficient (Wildman–Crippen LogP) is 5.82. The molecule has 0 saturated carbocycles. The third-order valence-electron chi connectivity index (χ3n) is 6.51. The number of ether oxygens (including phenoxy) is 1. The van der Waals surface area contributed by atoms with E-state index >= 15 is 0 Å². The molecule has 0 heterocycles. The molecule has 2 N–H and O–H groups in total. The summed E-state index contributed by atoms with van der Waals surface area (Å²) in [5.41, 5.74) is 3.72. The van der Waals surface area contributed by atoms with Gasteiger partial charge in [0.1, 0.15) is 5.75 Å². The number of Topliss-reactive ketones (excluding diaryl/α,β-unsaturated/α-hetero) is 1. The van der Waals surface area contributed by atoms with Crippen molar-refractivity contribution in [3.63, 3.8) is 0 Å². The van der Waals surface area contributed by atoms with E-state index in [9.17, 15) is 15.0 Å². The highest BCUT2D eigenvalue weighted by Gasteiger charge is 2.15. The molecule has 0 saturated heterocycles. The molecule has 0 aromatic heterocycles. The van der Waals surface area contributed by atoms with Crippen LogP contribution in [0.4, 0.5) is 0 Å². The number of aryl methyl sites for hydroxylation is 1. The quantitative estimate of drug-likeness (QED) is 0.169. The first-order valence-corrected chi connectivity index (χ1v) is 13.5. The van der Waals surface area contributed by atoms with Crippen LogP contribution < -0.4 is 0 Å². The summed E-state index contributed by atoms with van der Waals surface area (Å²) in [6, 6.07) is 25.7. The summed E-state index contributed by atoms with van der Waals surface area (Å²) in [4.78, 5) is 15.3. The van der Waals surface area contributed by atoms with E-state index in [1.165, 1.54) is 11.1 Å². The molecule has 0 aliphatic heterocycles. The maximum Gasteiger partial charge on any atom is 0.176 e. The van der Waals surface area contributed by atoms with Crippen LogP contribution in [0.25, 0.3) is 0 Å². The van der Waals surface area contributed by atoms with Crippen LogP contribution in [-0.2, 0) is 24.1 Å². The predicted molar refractivity (Wildman–Crippen MR) is 149 cm³/mol. The SMILES string of the molecule is O=C(CN(CCCCCCOCCCc1ccccc1)Cc1ccccc1)c1ccc(O)c(CCO)c1. The third-order valence-corrected chi connectivity index (χ3v) is 6.51. The molecule has 3 aromatic carbocycles. The van der Waals surface area contributed by atoms with Crippen LogP contribution in [0.3, 0.4) is 0 Å². The van der Waals surface area contributed by atoms with Gasteiger partial charge in [0.2, 0.25) is 0 Å². The standard InChI is InChI=1S/C32H41NO4/c34-21-19-30-24-29(17-18-31(30)35)32(36)26-33(25-28-14-7-4-8-15-28)20-9-1-2-10-22-37-23-11-16-27-12-5-3-6-13-27/h3-8,12-15,17-18,24,34-35H,1-2,9-11,16,19-23,25-26H2. The lowest BCUT2D eigenvalue weighted by molar-refractivity contribution is 0.0923. The summed E-state index contributed by atoms with van der Waals surface area (Å²) in [5, 5.41) is 19.2. The molecule has 0 aliphatic carbocycles. The zero-order valence-electron chi connectivity index (χ0n) is 21.9. The number of rotatable bonds is 18. The van der Waals surface area contributed by atoms with Crippen LogP contribution in [0.2, 0.25) is 0 Å². The number of carbonyl (C=O) groups is 1. The number of hydrogen-bond acceptors (Lipinski definition) is 5. The molecule has 0 unspecified atom stereocenters. The van der Waals surface area contributed by atoms with Crippen molar-refractivity contribution in [2.75, 3.05) is 32.9 Å². The molecular weight excluding hydrogens is 462 g/mol. The van der Waals surface area contributed by atoms with Crippen molar-refractivity contribution in [2.45, 2.75) is 51.5 Å². The van der Waals surface area contributed by atoms with Crippen molar-refractivity contribution in [3.05, 3.63) is 101 Å². The Labute approximate surface area is 221 Å².